The molecule has 1 aliphatic heterocycles. The van der Waals surface area contributed by atoms with Gasteiger partial charge in [-0.3, -0.25) is 4.79 Å². The van der Waals surface area contributed by atoms with Gasteiger partial charge >= 0.3 is 0 Å². The highest BCUT2D eigenvalue weighted by Gasteiger charge is 2.31. The Labute approximate surface area is 116 Å². The van der Waals surface area contributed by atoms with E-state index in [1.165, 1.54) is 6.42 Å². The number of carbonyl (C=O) groups excluding carboxylic acids is 1. The van der Waals surface area contributed by atoms with Crippen molar-refractivity contribution in [2.45, 2.75) is 33.2 Å². The minimum Gasteiger partial charge on any atom is -0.376 e. The van der Waals surface area contributed by atoms with Crippen LogP contribution in [0.25, 0.3) is 0 Å². The third-order valence-corrected chi connectivity index (χ3v) is 4.14. The molecule has 3 heteroatoms. The van der Waals surface area contributed by atoms with E-state index in [1.54, 1.807) is 0 Å². The van der Waals surface area contributed by atoms with Crippen molar-refractivity contribution in [3.05, 3.63) is 30.3 Å². The third-order valence-electron chi connectivity index (χ3n) is 4.14. The van der Waals surface area contributed by atoms with Crippen molar-refractivity contribution in [2.75, 3.05) is 18.4 Å². The van der Waals surface area contributed by atoms with Gasteiger partial charge in [-0.15, -0.1) is 0 Å². The van der Waals surface area contributed by atoms with E-state index in [1.807, 2.05) is 35.2 Å². The van der Waals surface area contributed by atoms with Crippen LogP contribution in [0, 0.1) is 11.8 Å². The number of nitrogens with zero attached hydrogens (tertiary/aromatic N) is 1. The average molecular weight is 260 g/mol. The van der Waals surface area contributed by atoms with Gasteiger partial charge < -0.3 is 10.2 Å². The molecule has 3 atom stereocenters. The number of benzene rings is 1. The molecule has 1 saturated heterocycles. The van der Waals surface area contributed by atoms with Crippen LogP contribution in [-0.2, 0) is 4.79 Å². The molecular weight excluding hydrogens is 236 g/mol. The minimum atomic E-state index is 0.203. The number of nitrogens with one attached hydrogen (secondary N) is 1. The van der Waals surface area contributed by atoms with Crippen molar-refractivity contribution < 1.29 is 4.79 Å². The Morgan fingerprint density at radius 2 is 1.95 bits per heavy atom. The van der Waals surface area contributed by atoms with Crippen molar-refractivity contribution >= 4 is 11.6 Å². The first-order valence-electron chi connectivity index (χ1n) is 7.16. The second-order valence-electron chi connectivity index (χ2n) is 5.82. The summed E-state index contributed by atoms with van der Waals surface area (Å²) in [5.74, 6) is 1.39. The SMILES string of the molecule is CC1CC(C)C(C)N(C(=O)CNc2ccccc2)C1. The lowest BCUT2D eigenvalue weighted by atomic mass is 9.86. The van der Waals surface area contributed by atoms with E-state index in [0.29, 0.717) is 24.4 Å². The summed E-state index contributed by atoms with van der Waals surface area (Å²) in [6.45, 7) is 7.91. The Hall–Kier alpha value is -1.51. The lowest BCUT2D eigenvalue weighted by Gasteiger charge is -2.41. The van der Waals surface area contributed by atoms with Crippen LogP contribution in [-0.4, -0.2) is 29.9 Å². The Kier molecular flexibility index (Phi) is 4.46. The minimum absolute atomic E-state index is 0.203. The summed E-state index contributed by atoms with van der Waals surface area (Å²) < 4.78 is 0. The van der Waals surface area contributed by atoms with Gasteiger partial charge in [0.2, 0.25) is 5.91 Å². The summed E-state index contributed by atoms with van der Waals surface area (Å²) in [6.07, 6.45) is 1.22. The maximum absolute atomic E-state index is 12.3. The zero-order valence-corrected chi connectivity index (χ0v) is 12.1. The second-order valence-corrected chi connectivity index (χ2v) is 5.82. The quantitative estimate of drug-likeness (QED) is 0.906. The largest absolute Gasteiger partial charge is 0.376 e. The number of hydrogen-bond acceptors (Lipinski definition) is 2. The van der Waals surface area contributed by atoms with Crippen LogP contribution in [0.2, 0.25) is 0 Å². The summed E-state index contributed by atoms with van der Waals surface area (Å²) >= 11 is 0. The first kappa shape index (κ1) is 13.9. The van der Waals surface area contributed by atoms with E-state index in [-0.39, 0.29) is 5.91 Å². The van der Waals surface area contributed by atoms with Crippen LogP contribution in [0.5, 0.6) is 0 Å². The van der Waals surface area contributed by atoms with E-state index in [4.69, 9.17) is 0 Å². The standard InChI is InChI=1S/C16H24N2O/c1-12-9-13(2)14(3)18(11-12)16(19)10-17-15-7-5-4-6-8-15/h4-8,12-14,17H,9-11H2,1-3H3. The van der Waals surface area contributed by atoms with Crippen LogP contribution < -0.4 is 5.32 Å². The summed E-state index contributed by atoms with van der Waals surface area (Å²) in [7, 11) is 0. The molecule has 19 heavy (non-hydrogen) atoms. The third kappa shape index (κ3) is 3.49. The second kappa shape index (κ2) is 6.09. The number of anilines is 1. The number of para-hydroxylation sites is 1. The lowest BCUT2D eigenvalue weighted by Crippen LogP contribution is -2.50. The lowest BCUT2D eigenvalue weighted by molar-refractivity contribution is -0.135. The highest BCUT2D eigenvalue weighted by atomic mass is 16.2. The first-order valence-corrected chi connectivity index (χ1v) is 7.16. The van der Waals surface area contributed by atoms with E-state index < -0.39 is 0 Å². The zero-order valence-electron chi connectivity index (χ0n) is 12.1. The molecule has 0 spiro atoms. The molecule has 0 aromatic heterocycles. The predicted octanol–water partition coefficient (Wildman–Crippen LogP) is 2.99. The van der Waals surface area contributed by atoms with E-state index in [2.05, 4.69) is 26.1 Å². The molecule has 1 amide bonds. The Balaban J connectivity index is 1.92. The monoisotopic (exact) mass is 260 g/mol. The molecule has 1 aromatic carbocycles. The van der Waals surface area contributed by atoms with Crippen molar-refractivity contribution in [1.82, 2.24) is 4.90 Å². The summed E-state index contributed by atoms with van der Waals surface area (Å²) in [5, 5.41) is 3.20. The molecule has 3 nitrogen and oxygen atoms in total. The van der Waals surface area contributed by atoms with Gasteiger partial charge in [0.05, 0.1) is 6.54 Å². The van der Waals surface area contributed by atoms with Gasteiger partial charge in [-0.2, -0.15) is 0 Å². The molecule has 0 radical (unpaired) electrons. The molecule has 0 saturated carbocycles. The summed E-state index contributed by atoms with van der Waals surface area (Å²) in [6, 6.07) is 10.2. The molecule has 1 fully saturated rings. The molecule has 3 unspecified atom stereocenters. The molecule has 0 bridgehead atoms. The molecular formula is C16H24N2O. The fourth-order valence-corrected chi connectivity index (χ4v) is 2.88. The number of carbonyl (C=O) groups is 1. The Bertz CT molecular complexity index is 418. The molecule has 1 heterocycles. The van der Waals surface area contributed by atoms with Gasteiger partial charge in [-0.1, -0.05) is 32.0 Å². The normalized spacial score (nSPS) is 27.1. The maximum atomic E-state index is 12.3. The molecule has 104 valence electrons. The number of piperidine rings is 1. The topological polar surface area (TPSA) is 32.3 Å². The van der Waals surface area contributed by atoms with Crippen molar-refractivity contribution in [3.8, 4) is 0 Å². The Morgan fingerprint density at radius 1 is 1.26 bits per heavy atom. The summed E-state index contributed by atoms with van der Waals surface area (Å²) in [5.41, 5.74) is 1.00. The fraction of sp³-hybridized carbons (Fsp3) is 0.562. The van der Waals surface area contributed by atoms with Crippen molar-refractivity contribution in [1.29, 1.82) is 0 Å². The number of likely N-dealkylation sites (tertiary alicyclic amines) is 1. The van der Waals surface area contributed by atoms with E-state index in [9.17, 15) is 4.79 Å². The maximum Gasteiger partial charge on any atom is 0.242 e. The number of amides is 1. The molecule has 1 aromatic rings. The van der Waals surface area contributed by atoms with E-state index in [0.717, 1.165) is 12.2 Å². The molecule has 0 aliphatic carbocycles. The molecule has 1 aliphatic rings. The number of hydrogen-bond donors (Lipinski definition) is 1. The highest BCUT2D eigenvalue weighted by molar-refractivity contribution is 5.81. The fourth-order valence-electron chi connectivity index (χ4n) is 2.88. The predicted molar refractivity (Wildman–Crippen MR) is 79.1 cm³/mol. The Morgan fingerprint density at radius 3 is 2.63 bits per heavy atom. The first-order chi connectivity index (χ1) is 9.08. The van der Waals surface area contributed by atoms with Crippen molar-refractivity contribution in [3.63, 3.8) is 0 Å². The van der Waals surface area contributed by atoms with Crippen LogP contribution >= 0.6 is 0 Å². The average Bonchev–Trinajstić information content (AvgIpc) is 2.41. The number of rotatable bonds is 3. The smallest absolute Gasteiger partial charge is 0.242 e. The highest BCUT2D eigenvalue weighted by Crippen LogP contribution is 2.26. The molecule has 2 rings (SSSR count). The van der Waals surface area contributed by atoms with Crippen LogP contribution in [0.4, 0.5) is 5.69 Å². The zero-order chi connectivity index (χ0) is 13.8. The summed E-state index contributed by atoms with van der Waals surface area (Å²) in [4.78, 5) is 14.4. The van der Waals surface area contributed by atoms with Crippen LogP contribution in [0.1, 0.15) is 27.2 Å². The molecule has 1 N–H and O–H groups in total. The van der Waals surface area contributed by atoms with Crippen molar-refractivity contribution in [2.24, 2.45) is 11.8 Å². The van der Waals surface area contributed by atoms with Gasteiger partial charge in [0.25, 0.3) is 0 Å². The van der Waals surface area contributed by atoms with Gasteiger partial charge in [0, 0.05) is 18.3 Å². The van der Waals surface area contributed by atoms with E-state index >= 15 is 0 Å². The van der Waals surface area contributed by atoms with Gasteiger partial charge in [0.15, 0.2) is 0 Å². The van der Waals surface area contributed by atoms with Gasteiger partial charge in [-0.25, -0.2) is 0 Å². The van der Waals surface area contributed by atoms with Gasteiger partial charge in [-0.05, 0) is 37.3 Å². The van der Waals surface area contributed by atoms with Crippen LogP contribution in [0.3, 0.4) is 0 Å². The van der Waals surface area contributed by atoms with Gasteiger partial charge in [0.1, 0.15) is 0 Å². The van der Waals surface area contributed by atoms with Crippen LogP contribution in [0.15, 0.2) is 30.3 Å².